The minimum absolute atomic E-state index is 0.389. The van der Waals surface area contributed by atoms with Crippen LogP contribution in [0.1, 0.15) is 0 Å². The molecule has 0 bridgehead atoms. The largest absolute Gasteiger partial charge is 0.410 e. The van der Waals surface area contributed by atoms with Crippen molar-refractivity contribution >= 4 is 22.2 Å². The van der Waals surface area contributed by atoms with Crippen LogP contribution in [0.25, 0.3) is 22.2 Å². The van der Waals surface area contributed by atoms with Crippen molar-refractivity contribution in [3.05, 3.63) is 36.5 Å². The molecule has 9 heteroatoms. The highest BCUT2D eigenvalue weighted by molar-refractivity contribution is 5.80. The van der Waals surface area contributed by atoms with Gasteiger partial charge >= 0.3 is 0 Å². The molecule has 4 aromatic rings. The molecule has 9 nitrogen and oxygen atoms in total. The Bertz CT molecular complexity index is 913. The quantitative estimate of drug-likeness (QED) is 0.533. The summed E-state index contributed by atoms with van der Waals surface area (Å²) in [7, 11) is 0. The third kappa shape index (κ3) is 1.46. The predicted molar refractivity (Wildman–Crippen MR) is 66.1 cm³/mol. The van der Waals surface area contributed by atoms with Crippen LogP contribution in [0.15, 0.2) is 36.5 Å². The number of nitrogens with zero attached hydrogens (tertiary/aromatic N) is 7. The molecule has 1 aromatic carbocycles. The lowest BCUT2D eigenvalue weighted by Gasteiger charge is -2.03. The van der Waals surface area contributed by atoms with E-state index in [1.165, 1.54) is 4.85 Å². The Morgan fingerprint density at radius 2 is 2.00 bits per heavy atom. The number of fused-ring (bicyclic) bond motifs is 2. The van der Waals surface area contributed by atoms with Crippen molar-refractivity contribution in [2.45, 2.75) is 0 Å². The van der Waals surface area contributed by atoms with E-state index in [0.29, 0.717) is 32.8 Å². The number of rotatable bonds is 2. The van der Waals surface area contributed by atoms with Crippen molar-refractivity contribution in [1.29, 1.82) is 0 Å². The first-order valence-electron chi connectivity index (χ1n) is 5.71. The average molecular weight is 269 g/mol. The van der Waals surface area contributed by atoms with Crippen LogP contribution in [0.5, 0.6) is 5.75 Å². The van der Waals surface area contributed by atoms with Crippen LogP contribution in [0.2, 0.25) is 0 Å². The molecule has 1 N–H and O–H groups in total. The minimum atomic E-state index is 0.389. The molecule has 0 saturated carbocycles. The molecule has 3 heterocycles. The van der Waals surface area contributed by atoms with E-state index in [0.717, 1.165) is 0 Å². The van der Waals surface area contributed by atoms with Gasteiger partial charge in [0.1, 0.15) is 11.0 Å². The van der Waals surface area contributed by atoms with Gasteiger partial charge in [-0.15, -0.1) is 10.2 Å². The van der Waals surface area contributed by atoms with Crippen LogP contribution in [0.4, 0.5) is 0 Å². The maximum absolute atomic E-state index is 9.47. The van der Waals surface area contributed by atoms with Gasteiger partial charge in [0.15, 0.2) is 11.3 Å². The standard InChI is InChI=1S/C11H7N7O2/c19-17-8-4-1-5-9(10(8)14-15-17)20-18-11-7(13-16-18)3-2-6-12-11/h1-6,19H. The summed E-state index contributed by atoms with van der Waals surface area (Å²) < 4.78 is 0. The van der Waals surface area contributed by atoms with Crippen LogP contribution in [-0.4, -0.2) is 40.5 Å². The third-order valence-corrected chi connectivity index (χ3v) is 2.79. The number of pyridine rings is 1. The van der Waals surface area contributed by atoms with Gasteiger partial charge in [0.05, 0.1) is 0 Å². The van der Waals surface area contributed by atoms with Crippen molar-refractivity contribution in [3.8, 4) is 5.75 Å². The van der Waals surface area contributed by atoms with Crippen molar-refractivity contribution in [2.75, 3.05) is 0 Å². The van der Waals surface area contributed by atoms with Gasteiger partial charge in [0, 0.05) is 6.20 Å². The lowest BCUT2D eigenvalue weighted by molar-refractivity contribution is 0.154. The fourth-order valence-electron chi connectivity index (χ4n) is 1.88. The highest BCUT2D eigenvalue weighted by atomic mass is 16.7. The highest BCUT2D eigenvalue weighted by Gasteiger charge is 2.13. The summed E-state index contributed by atoms with van der Waals surface area (Å²) in [5.74, 6) is 0.389. The zero-order valence-corrected chi connectivity index (χ0v) is 9.95. The summed E-state index contributed by atoms with van der Waals surface area (Å²) in [5, 5.41) is 24.6. The topological polar surface area (TPSA) is 104 Å². The summed E-state index contributed by atoms with van der Waals surface area (Å²) in [6.07, 6.45) is 1.62. The molecule has 0 aliphatic carbocycles. The maximum atomic E-state index is 9.47. The molecule has 0 radical (unpaired) electrons. The van der Waals surface area contributed by atoms with Gasteiger partial charge in [-0.1, -0.05) is 15.8 Å². The summed E-state index contributed by atoms with van der Waals surface area (Å²) in [5.41, 5.74) is 1.95. The number of benzene rings is 1. The summed E-state index contributed by atoms with van der Waals surface area (Å²) in [6.45, 7) is 0. The molecule has 0 aliphatic rings. The predicted octanol–water partition coefficient (Wildman–Crippen LogP) is 0.650. The van der Waals surface area contributed by atoms with Crippen LogP contribution < -0.4 is 4.84 Å². The Morgan fingerprint density at radius 3 is 2.95 bits per heavy atom. The molecular weight excluding hydrogens is 262 g/mol. The number of aromatic nitrogens is 7. The van der Waals surface area contributed by atoms with E-state index in [9.17, 15) is 5.21 Å². The van der Waals surface area contributed by atoms with E-state index < -0.39 is 0 Å². The summed E-state index contributed by atoms with van der Waals surface area (Å²) in [6, 6.07) is 8.60. The monoisotopic (exact) mass is 269 g/mol. The number of hydrogen-bond acceptors (Lipinski definition) is 7. The fraction of sp³-hybridized carbons (Fsp3) is 0. The van der Waals surface area contributed by atoms with E-state index in [-0.39, 0.29) is 0 Å². The second-order valence-corrected chi connectivity index (χ2v) is 4.00. The molecule has 4 rings (SSSR count). The van der Waals surface area contributed by atoms with Gasteiger partial charge < -0.3 is 10.0 Å². The van der Waals surface area contributed by atoms with Crippen LogP contribution in [0, 0.1) is 0 Å². The Morgan fingerprint density at radius 1 is 1.05 bits per heavy atom. The first-order chi connectivity index (χ1) is 9.83. The van der Waals surface area contributed by atoms with Gasteiger partial charge in [-0.05, 0) is 34.7 Å². The fourth-order valence-corrected chi connectivity index (χ4v) is 1.88. The molecule has 3 aromatic heterocycles. The Kier molecular flexibility index (Phi) is 2.07. The third-order valence-electron chi connectivity index (χ3n) is 2.79. The zero-order valence-electron chi connectivity index (χ0n) is 9.95. The van der Waals surface area contributed by atoms with Crippen molar-refractivity contribution < 1.29 is 10.0 Å². The molecular formula is C11H7N7O2. The van der Waals surface area contributed by atoms with Gasteiger partial charge in [0.25, 0.3) is 0 Å². The van der Waals surface area contributed by atoms with Gasteiger partial charge in [0.2, 0.25) is 5.65 Å². The van der Waals surface area contributed by atoms with Gasteiger partial charge in [-0.3, -0.25) is 0 Å². The molecule has 0 fully saturated rings. The second-order valence-electron chi connectivity index (χ2n) is 4.00. The van der Waals surface area contributed by atoms with Crippen LogP contribution >= 0.6 is 0 Å². The first kappa shape index (κ1) is 10.7. The van der Waals surface area contributed by atoms with E-state index in [2.05, 4.69) is 25.6 Å². The Balaban J connectivity index is 1.85. The molecule has 0 spiro atoms. The van der Waals surface area contributed by atoms with Crippen molar-refractivity contribution in [3.63, 3.8) is 0 Å². The molecule has 98 valence electrons. The molecule has 0 saturated heterocycles. The summed E-state index contributed by atoms with van der Waals surface area (Å²) >= 11 is 0. The van der Waals surface area contributed by atoms with E-state index >= 15 is 0 Å². The van der Waals surface area contributed by atoms with Gasteiger partial charge in [-0.25, -0.2) is 4.98 Å². The smallest absolute Gasteiger partial charge is 0.220 e. The first-order valence-corrected chi connectivity index (χ1v) is 5.71. The molecule has 0 atom stereocenters. The maximum Gasteiger partial charge on any atom is 0.220 e. The molecule has 20 heavy (non-hydrogen) atoms. The van der Waals surface area contributed by atoms with Crippen LogP contribution in [0.3, 0.4) is 0 Å². The van der Waals surface area contributed by atoms with Crippen LogP contribution in [-0.2, 0) is 0 Å². The molecule has 0 unspecified atom stereocenters. The van der Waals surface area contributed by atoms with Crippen molar-refractivity contribution in [2.24, 2.45) is 0 Å². The molecule has 0 amide bonds. The van der Waals surface area contributed by atoms with E-state index in [1.54, 1.807) is 36.5 Å². The zero-order chi connectivity index (χ0) is 13.5. The molecule has 0 aliphatic heterocycles. The second kappa shape index (κ2) is 3.88. The normalized spacial score (nSPS) is 11.2. The SMILES string of the molecule is On1nnc2c(On3nnc4cccnc43)cccc21. The highest BCUT2D eigenvalue weighted by Crippen LogP contribution is 2.23. The van der Waals surface area contributed by atoms with Gasteiger partial charge in [-0.2, -0.15) is 0 Å². The van der Waals surface area contributed by atoms with Crippen molar-refractivity contribution in [1.82, 2.24) is 35.3 Å². The number of hydrogen-bond donors (Lipinski definition) is 1. The van der Waals surface area contributed by atoms with E-state index in [1.807, 2.05) is 0 Å². The Hall–Kier alpha value is -3.23. The lowest BCUT2D eigenvalue weighted by Crippen LogP contribution is -2.08. The van der Waals surface area contributed by atoms with E-state index in [4.69, 9.17) is 4.84 Å². The lowest BCUT2D eigenvalue weighted by atomic mass is 10.3. The Labute approximate surface area is 110 Å². The minimum Gasteiger partial charge on any atom is -0.410 e. The average Bonchev–Trinajstić information content (AvgIpc) is 3.05. The summed E-state index contributed by atoms with van der Waals surface area (Å²) in [4.78, 5) is 11.6.